The van der Waals surface area contributed by atoms with Gasteiger partial charge in [-0.1, -0.05) is 32.6 Å². The summed E-state index contributed by atoms with van der Waals surface area (Å²) in [6, 6.07) is 3.74. The zero-order valence-electron chi connectivity index (χ0n) is 10.8. The Labute approximate surface area is 99.5 Å². The summed E-state index contributed by atoms with van der Waals surface area (Å²) >= 11 is 0. The van der Waals surface area contributed by atoms with E-state index in [-0.39, 0.29) is 0 Å². The average molecular weight is 220 g/mol. The highest BCUT2D eigenvalue weighted by Gasteiger charge is 2.04. The minimum atomic E-state index is 0.393. The van der Waals surface area contributed by atoms with E-state index in [4.69, 9.17) is 0 Å². The number of unbranched alkanes of at least 4 members (excludes halogenated alkanes) is 4. The highest BCUT2D eigenvalue weighted by Crippen LogP contribution is 2.22. The maximum Gasteiger partial charge on any atom is 0.116 e. The molecule has 0 atom stereocenters. The highest BCUT2D eigenvalue weighted by atomic mass is 16.3. The largest absolute Gasteiger partial charge is 0.508 e. The van der Waals surface area contributed by atoms with Crippen molar-refractivity contribution in [1.29, 1.82) is 0 Å². The van der Waals surface area contributed by atoms with Crippen molar-refractivity contribution < 1.29 is 5.11 Å². The maximum absolute atomic E-state index is 9.46. The molecule has 1 rings (SSSR count). The molecule has 0 saturated heterocycles. The molecule has 1 aromatic carbocycles. The Bertz CT molecular complexity index is 305. The van der Waals surface area contributed by atoms with Crippen LogP contribution in [0.1, 0.15) is 55.7 Å². The number of hydrogen-bond donors (Lipinski definition) is 1. The molecule has 16 heavy (non-hydrogen) atoms. The van der Waals surface area contributed by atoms with Gasteiger partial charge in [-0.05, 0) is 55.5 Å². The minimum Gasteiger partial charge on any atom is -0.508 e. The van der Waals surface area contributed by atoms with E-state index >= 15 is 0 Å². The molecule has 90 valence electrons. The van der Waals surface area contributed by atoms with Crippen LogP contribution in [0.4, 0.5) is 0 Å². The van der Waals surface area contributed by atoms with Gasteiger partial charge in [0, 0.05) is 0 Å². The smallest absolute Gasteiger partial charge is 0.116 e. The van der Waals surface area contributed by atoms with Crippen LogP contribution in [0.25, 0.3) is 0 Å². The quantitative estimate of drug-likeness (QED) is 0.699. The lowest BCUT2D eigenvalue weighted by Crippen LogP contribution is -1.94. The Kier molecular flexibility index (Phi) is 5.37. The van der Waals surface area contributed by atoms with Gasteiger partial charge in [-0.15, -0.1) is 0 Å². The van der Waals surface area contributed by atoms with Gasteiger partial charge in [0.1, 0.15) is 5.75 Å². The molecule has 0 aliphatic heterocycles. The second kappa shape index (κ2) is 6.57. The van der Waals surface area contributed by atoms with Gasteiger partial charge in [-0.2, -0.15) is 0 Å². The highest BCUT2D eigenvalue weighted by molar-refractivity contribution is 5.40. The molecule has 0 aliphatic carbocycles. The monoisotopic (exact) mass is 220 g/mol. The summed E-state index contributed by atoms with van der Waals surface area (Å²) in [5.74, 6) is 0.393. The molecule has 0 spiro atoms. The first-order chi connectivity index (χ1) is 7.65. The maximum atomic E-state index is 9.46. The molecule has 1 nitrogen and oxygen atoms in total. The van der Waals surface area contributed by atoms with Crippen LogP contribution in [0, 0.1) is 13.8 Å². The van der Waals surface area contributed by atoms with Crippen LogP contribution in [0.15, 0.2) is 12.1 Å². The summed E-state index contributed by atoms with van der Waals surface area (Å²) in [6.07, 6.45) is 7.76. The zero-order chi connectivity index (χ0) is 12.0. The lowest BCUT2D eigenvalue weighted by molar-refractivity contribution is 0.474. The van der Waals surface area contributed by atoms with E-state index in [2.05, 4.69) is 20.8 Å². The van der Waals surface area contributed by atoms with Gasteiger partial charge < -0.3 is 5.11 Å². The average Bonchev–Trinajstić information content (AvgIpc) is 2.20. The molecule has 0 bridgehead atoms. The van der Waals surface area contributed by atoms with Crippen LogP contribution in [0.2, 0.25) is 0 Å². The van der Waals surface area contributed by atoms with E-state index in [9.17, 15) is 5.11 Å². The molecular formula is C15H24O. The molecule has 0 heterocycles. The lowest BCUT2D eigenvalue weighted by Gasteiger charge is -2.10. The Morgan fingerprint density at radius 3 is 2.06 bits per heavy atom. The van der Waals surface area contributed by atoms with E-state index in [1.807, 2.05) is 12.1 Å². The van der Waals surface area contributed by atoms with Crippen molar-refractivity contribution in [3.8, 4) is 5.75 Å². The first-order valence-electron chi connectivity index (χ1n) is 6.44. The normalized spacial score (nSPS) is 10.7. The van der Waals surface area contributed by atoms with E-state index in [1.165, 1.54) is 48.8 Å². The first-order valence-corrected chi connectivity index (χ1v) is 6.44. The molecule has 1 aromatic rings. The summed E-state index contributed by atoms with van der Waals surface area (Å²) in [4.78, 5) is 0. The van der Waals surface area contributed by atoms with Crippen molar-refractivity contribution in [2.75, 3.05) is 0 Å². The molecule has 0 fully saturated rings. The minimum absolute atomic E-state index is 0.393. The fourth-order valence-corrected chi connectivity index (χ4v) is 2.27. The van der Waals surface area contributed by atoms with Crippen molar-refractivity contribution >= 4 is 0 Å². The molecule has 1 heteroatoms. The SMILES string of the molecule is CCCCCCCc1c(C)cc(O)cc1C. The molecular weight excluding hydrogens is 196 g/mol. The number of phenolic OH excluding ortho intramolecular Hbond substituents is 1. The summed E-state index contributed by atoms with van der Waals surface area (Å²) in [7, 11) is 0. The first kappa shape index (κ1) is 13.1. The van der Waals surface area contributed by atoms with Gasteiger partial charge in [0.15, 0.2) is 0 Å². The van der Waals surface area contributed by atoms with Crippen LogP contribution in [0.3, 0.4) is 0 Å². The van der Waals surface area contributed by atoms with Crippen molar-refractivity contribution in [1.82, 2.24) is 0 Å². The van der Waals surface area contributed by atoms with Gasteiger partial charge in [-0.3, -0.25) is 0 Å². The topological polar surface area (TPSA) is 20.2 Å². The fourth-order valence-electron chi connectivity index (χ4n) is 2.27. The van der Waals surface area contributed by atoms with Crippen LogP contribution in [-0.2, 0) is 6.42 Å². The van der Waals surface area contributed by atoms with Crippen LogP contribution < -0.4 is 0 Å². The van der Waals surface area contributed by atoms with Crippen LogP contribution in [-0.4, -0.2) is 5.11 Å². The molecule has 0 unspecified atom stereocenters. The van der Waals surface area contributed by atoms with Crippen molar-refractivity contribution in [3.63, 3.8) is 0 Å². The Balaban J connectivity index is 2.47. The third-order valence-corrected chi connectivity index (χ3v) is 3.21. The summed E-state index contributed by atoms with van der Waals surface area (Å²) in [5, 5.41) is 9.46. The number of hydrogen-bond acceptors (Lipinski definition) is 1. The van der Waals surface area contributed by atoms with Crippen LogP contribution >= 0.6 is 0 Å². The van der Waals surface area contributed by atoms with Gasteiger partial charge in [0.25, 0.3) is 0 Å². The van der Waals surface area contributed by atoms with Gasteiger partial charge in [0.05, 0.1) is 0 Å². The van der Waals surface area contributed by atoms with Gasteiger partial charge in [-0.25, -0.2) is 0 Å². The molecule has 0 amide bonds. The Morgan fingerprint density at radius 1 is 0.938 bits per heavy atom. The molecule has 0 saturated carbocycles. The van der Waals surface area contributed by atoms with Gasteiger partial charge >= 0.3 is 0 Å². The molecule has 0 aromatic heterocycles. The van der Waals surface area contributed by atoms with E-state index in [0.717, 1.165) is 6.42 Å². The predicted molar refractivity (Wildman–Crippen MR) is 70.0 cm³/mol. The second-order valence-electron chi connectivity index (χ2n) is 4.72. The number of aryl methyl sites for hydroxylation is 2. The number of phenols is 1. The molecule has 0 radical (unpaired) electrons. The summed E-state index contributed by atoms with van der Waals surface area (Å²) in [6.45, 7) is 6.43. The van der Waals surface area contributed by atoms with E-state index in [0.29, 0.717) is 5.75 Å². The van der Waals surface area contributed by atoms with Crippen molar-refractivity contribution in [2.24, 2.45) is 0 Å². The number of rotatable bonds is 6. The number of aromatic hydroxyl groups is 1. The Morgan fingerprint density at radius 2 is 1.50 bits per heavy atom. The third kappa shape index (κ3) is 3.88. The predicted octanol–water partition coefficient (Wildman–Crippen LogP) is 4.52. The standard InChI is InChI=1S/C15H24O/c1-4-5-6-7-8-9-15-12(2)10-14(16)11-13(15)3/h10-11,16H,4-9H2,1-3H3. The summed E-state index contributed by atoms with van der Waals surface area (Å²) < 4.78 is 0. The molecule has 1 N–H and O–H groups in total. The zero-order valence-corrected chi connectivity index (χ0v) is 10.8. The molecule has 0 aliphatic rings. The Hall–Kier alpha value is -0.980. The van der Waals surface area contributed by atoms with Crippen LogP contribution in [0.5, 0.6) is 5.75 Å². The van der Waals surface area contributed by atoms with E-state index in [1.54, 1.807) is 0 Å². The second-order valence-corrected chi connectivity index (χ2v) is 4.72. The summed E-state index contributed by atoms with van der Waals surface area (Å²) in [5.41, 5.74) is 3.88. The fraction of sp³-hybridized carbons (Fsp3) is 0.600. The lowest BCUT2D eigenvalue weighted by atomic mass is 9.96. The van der Waals surface area contributed by atoms with Crippen molar-refractivity contribution in [2.45, 2.75) is 59.3 Å². The number of benzene rings is 1. The van der Waals surface area contributed by atoms with Crippen molar-refractivity contribution in [3.05, 3.63) is 28.8 Å². The van der Waals surface area contributed by atoms with Gasteiger partial charge in [0.2, 0.25) is 0 Å². The third-order valence-electron chi connectivity index (χ3n) is 3.21. The van der Waals surface area contributed by atoms with E-state index < -0.39 is 0 Å².